The molecule has 0 bridgehead atoms. The predicted octanol–water partition coefficient (Wildman–Crippen LogP) is 4.63. The Morgan fingerprint density at radius 2 is 1.75 bits per heavy atom. The molecule has 1 aliphatic carbocycles. The van der Waals surface area contributed by atoms with E-state index in [9.17, 15) is 4.79 Å². The molecule has 0 aliphatic heterocycles. The van der Waals surface area contributed by atoms with Crippen LogP contribution in [0.5, 0.6) is 5.75 Å². The van der Waals surface area contributed by atoms with Gasteiger partial charge in [0, 0.05) is 31.6 Å². The maximum atomic E-state index is 12.7. The number of hydrogen-bond acceptors (Lipinski definition) is 6. The van der Waals surface area contributed by atoms with E-state index >= 15 is 0 Å². The Morgan fingerprint density at radius 3 is 2.44 bits per heavy atom. The van der Waals surface area contributed by atoms with E-state index < -0.39 is 0 Å². The van der Waals surface area contributed by atoms with E-state index in [1.165, 1.54) is 15.6 Å². The lowest BCUT2D eigenvalue weighted by molar-refractivity contribution is 0.244. The molecule has 0 N–H and O–H groups in total. The van der Waals surface area contributed by atoms with Crippen LogP contribution in [0.2, 0.25) is 0 Å². The molecule has 0 atom stereocenters. The van der Waals surface area contributed by atoms with E-state index in [1.807, 2.05) is 25.1 Å². The van der Waals surface area contributed by atoms with Gasteiger partial charge >= 0.3 is 0 Å². The van der Waals surface area contributed by atoms with Gasteiger partial charge in [0.05, 0.1) is 12.3 Å². The van der Waals surface area contributed by atoms with Crippen LogP contribution in [-0.4, -0.2) is 26.1 Å². The first kappa shape index (κ1) is 20.8. The SMILES string of the molecule is CCOc1ccc(CN(Cc2ccccc2)Cc2cc(=O)n3nc(C4CC4)sc3n2)cc1. The van der Waals surface area contributed by atoms with Gasteiger partial charge in [-0.05, 0) is 43.0 Å². The van der Waals surface area contributed by atoms with E-state index in [-0.39, 0.29) is 5.56 Å². The summed E-state index contributed by atoms with van der Waals surface area (Å²) in [5.41, 5.74) is 3.10. The summed E-state index contributed by atoms with van der Waals surface area (Å²) in [5, 5.41) is 5.52. The second kappa shape index (κ2) is 9.22. The number of hydrogen-bond donors (Lipinski definition) is 0. The van der Waals surface area contributed by atoms with Gasteiger partial charge in [-0.1, -0.05) is 53.8 Å². The second-order valence-corrected chi connectivity index (χ2v) is 9.19. The molecule has 1 aliphatic rings. The molecule has 0 radical (unpaired) electrons. The van der Waals surface area contributed by atoms with E-state index in [1.54, 1.807) is 17.4 Å². The summed E-state index contributed by atoms with van der Waals surface area (Å²) in [4.78, 5) is 20.5. The van der Waals surface area contributed by atoms with Crippen LogP contribution in [0.25, 0.3) is 4.96 Å². The topological polar surface area (TPSA) is 59.7 Å². The molecule has 0 saturated heterocycles. The normalized spacial score (nSPS) is 13.7. The summed E-state index contributed by atoms with van der Waals surface area (Å²) >= 11 is 1.55. The van der Waals surface area contributed by atoms with Crippen LogP contribution in [0.4, 0.5) is 0 Å². The van der Waals surface area contributed by atoms with Crippen molar-refractivity contribution < 1.29 is 4.74 Å². The molecule has 2 aromatic heterocycles. The number of benzene rings is 2. The number of rotatable bonds is 9. The van der Waals surface area contributed by atoms with Crippen LogP contribution < -0.4 is 10.3 Å². The van der Waals surface area contributed by atoms with Gasteiger partial charge in [-0.2, -0.15) is 9.61 Å². The van der Waals surface area contributed by atoms with Gasteiger partial charge in [0.2, 0.25) is 4.96 Å². The molecule has 2 aromatic carbocycles. The van der Waals surface area contributed by atoms with Gasteiger partial charge in [-0.25, -0.2) is 4.98 Å². The average Bonchev–Trinajstić information content (AvgIpc) is 3.55. The Kier molecular flexibility index (Phi) is 6.01. The highest BCUT2D eigenvalue weighted by atomic mass is 32.1. The monoisotopic (exact) mass is 446 g/mol. The Hall–Kier alpha value is -3.03. The minimum atomic E-state index is -0.103. The van der Waals surface area contributed by atoms with Crippen LogP contribution in [0.15, 0.2) is 65.5 Å². The zero-order valence-electron chi connectivity index (χ0n) is 18.1. The van der Waals surface area contributed by atoms with Gasteiger partial charge in [0.1, 0.15) is 10.8 Å². The van der Waals surface area contributed by atoms with Crippen LogP contribution in [0.1, 0.15) is 47.5 Å². The third-order valence-corrected chi connectivity index (χ3v) is 6.59. The second-order valence-electron chi connectivity index (χ2n) is 8.20. The van der Waals surface area contributed by atoms with Gasteiger partial charge in [-0.15, -0.1) is 0 Å². The van der Waals surface area contributed by atoms with Gasteiger partial charge < -0.3 is 4.74 Å². The van der Waals surface area contributed by atoms with Crippen LogP contribution >= 0.6 is 11.3 Å². The molecule has 164 valence electrons. The van der Waals surface area contributed by atoms with Crippen molar-refractivity contribution in [2.24, 2.45) is 0 Å². The summed E-state index contributed by atoms with van der Waals surface area (Å²) < 4.78 is 7.02. The molecular formula is C25H26N4O2S. The molecule has 1 fully saturated rings. The van der Waals surface area contributed by atoms with Crippen molar-refractivity contribution >= 4 is 16.3 Å². The lowest BCUT2D eigenvalue weighted by Gasteiger charge is -2.22. The summed E-state index contributed by atoms with van der Waals surface area (Å²) in [6, 6.07) is 20.2. The summed E-state index contributed by atoms with van der Waals surface area (Å²) in [7, 11) is 0. The van der Waals surface area contributed by atoms with E-state index in [4.69, 9.17) is 9.72 Å². The minimum absolute atomic E-state index is 0.103. The number of aromatic nitrogens is 3. The smallest absolute Gasteiger partial charge is 0.275 e. The van der Waals surface area contributed by atoms with Crippen molar-refractivity contribution in [2.45, 2.75) is 45.3 Å². The first-order chi connectivity index (χ1) is 15.7. The van der Waals surface area contributed by atoms with Crippen molar-refractivity contribution in [3.63, 3.8) is 0 Å². The maximum absolute atomic E-state index is 12.7. The summed E-state index contributed by atoms with van der Waals surface area (Å²) in [6.07, 6.45) is 2.32. The van der Waals surface area contributed by atoms with Crippen molar-refractivity contribution in [3.8, 4) is 5.75 Å². The van der Waals surface area contributed by atoms with Gasteiger partial charge in [0.15, 0.2) is 0 Å². The van der Waals surface area contributed by atoms with Gasteiger partial charge in [-0.3, -0.25) is 9.69 Å². The first-order valence-electron chi connectivity index (χ1n) is 11.1. The Labute approximate surface area is 191 Å². The standard InChI is InChI=1S/C25H26N4O2S/c1-2-31-22-12-8-19(9-13-22)16-28(15-18-6-4-3-5-7-18)17-21-14-23(30)29-25(26-21)32-24(27-29)20-10-11-20/h3-9,12-14,20H,2,10-11,15-17H2,1H3. The molecule has 2 heterocycles. The largest absolute Gasteiger partial charge is 0.494 e. The quantitative estimate of drug-likeness (QED) is 0.375. The zero-order chi connectivity index (χ0) is 21.9. The third kappa shape index (κ3) is 4.89. The van der Waals surface area contributed by atoms with Crippen molar-refractivity contribution in [1.29, 1.82) is 0 Å². The summed E-state index contributed by atoms with van der Waals surface area (Å²) in [5.74, 6) is 1.39. The van der Waals surface area contributed by atoms with E-state index in [0.717, 1.165) is 42.4 Å². The predicted molar refractivity (Wildman–Crippen MR) is 126 cm³/mol. The highest BCUT2D eigenvalue weighted by molar-refractivity contribution is 7.16. The molecule has 1 saturated carbocycles. The van der Waals surface area contributed by atoms with Crippen molar-refractivity contribution in [1.82, 2.24) is 19.5 Å². The highest BCUT2D eigenvalue weighted by Crippen LogP contribution is 2.41. The molecule has 6 nitrogen and oxygen atoms in total. The minimum Gasteiger partial charge on any atom is -0.494 e. The molecule has 4 aromatic rings. The van der Waals surface area contributed by atoms with Crippen LogP contribution in [0.3, 0.4) is 0 Å². The molecule has 0 spiro atoms. The number of fused-ring (bicyclic) bond motifs is 1. The summed E-state index contributed by atoms with van der Waals surface area (Å²) in [6.45, 7) is 4.75. The van der Waals surface area contributed by atoms with Crippen LogP contribution in [0, 0.1) is 0 Å². The van der Waals surface area contributed by atoms with Gasteiger partial charge in [0.25, 0.3) is 5.56 Å². The first-order valence-corrected chi connectivity index (χ1v) is 11.9. The molecule has 5 rings (SSSR count). The maximum Gasteiger partial charge on any atom is 0.275 e. The van der Waals surface area contributed by atoms with Crippen molar-refractivity contribution in [3.05, 3.63) is 92.8 Å². The van der Waals surface area contributed by atoms with Crippen molar-refractivity contribution in [2.75, 3.05) is 6.61 Å². The molecular weight excluding hydrogens is 420 g/mol. The van der Waals surface area contributed by atoms with E-state index in [2.05, 4.69) is 46.4 Å². The lowest BCUT2D eigenvalue weighted by Crippen LogP contribution is -2.25. The van der Waals surface area contributed by atoms with E-state index in [0.29, 0.717) is 24.0 Å². The Balaban J connectivity index is 1.40. The molecule has 7 heteroatoms. The molecule has 0 amide bonds. The fraction of sp³-hybridized carbons (Fsp3) is 0.320. The molecule has 0 unspecified atom stereocenters. The van der Waals surface area contributed by atoms with Crippen LogP contribution in [-0.2, 0) is 19.6 Å². The molecule has 32 heavy (non-hydrogen) atoms. The Bertz CT molecular complexity index is 1250. The number of ether oxygens (including phenoxy) is 1. The fourth-order valence-electron chi connectivity index (χ4n) is 3.80. The zero-order valence-corrected chi connectivity index (χ0v) is 18.9. The third-order valence-electron chi connectivity index (χ3n) is 5.52. The fourth-order valence-corrected chi connectivity index (χ4v) is 4.89. The lowest BCUT2D eigenvalue weighted by atomic mass is 10.1. The highest BCUT2D eigenvalue weighted by Gasteiger charge is 2.28. The number of nitrogens with zero attached hydrogens (tertiary/aromatic N) is 4. The average molecular weight is 447 g/mol. The Morgan fingerprint density at radius 1 is 1.03 bits per heavy atom.